The summed E-state index contributed by atoms with van der Waals surface area (Å²) < 4.78 is 32.7. The third-order valence-corrected chi connectivity index (χ3v) is 11.4. The van der Waals surface area contributed by atoms with Crippen molar-refractivity contribution in [3.63, 3.8) is 0 Å². The van der Waals surface area contributed by atoms with Crippen molar-refractivity contribution in [2.24, 2.45) is 28.6 Å². The van der Waals surface area contributed by atoms with Crippen molar-refractivity contribution in [3.05, 3.63) is 75.3 Å². The van der Waals surface area contributed by atoms with Crippen LogP contribution in [-0.4, -0.2) is 26.7 Å². The van der Waals surface area contributed by atoms with Crippen LogP contribution < -0.4 is 0 Å². The van der Waals surface area contributed by atoms with Crippen LogP contribution in [0.2, 0.25) is 0 Å². The zero-order chi connectivity index (χ0) is 25.2. The van der Waals surface area contributed by atoms with Crippen LogP contribution in [0.25, 0.3) is 4.85 Å². The summed E-state index contributed by atoms with van der Waals surface area (Å²) in [5.74, 6) is 1.64. The van der Waals surface area contributed by atoms with Gasteiger partial charge < -0.3 is 9.84 Å². The zero-order valence-corrected chi connectivity index (χ0v) is 21.9. The molecule has 0 unspecified atom stereocenters. The fraction of sp³-hybridized carbons (Fsp3) is 0.552. The second-order valence-corrected chi connectivity index (χ2v) is 13.2. The van der Waals surface area contributed by atoms with Gasteiger partial charge in [0, 0.05) is 6.42 Å². The van der Waals surface area contributed by atoms with Gasteiger partial charge in [0.25, 0.3) is 5.03 Å². The van der Waals surface area contributed by atoms with Gasteiger partial charge in [-0.15, -0.1) is 0 Å². The normalized spacial score (nSPS) is 37.7. The van der Waals surface area contributed by atoms with Crippen LogP contribution in [0.1, 0.15) is 57.9 Å². The van der Waals surface area contributed by atoms with Crippen molar-refractivity contribution in [3.8, 4) is 0 Å². The highest BCUT2D eigenvalue weighted by atomic mass is 32.2. The number of methoxy groups -OCH3 is 1. The number of fused-ring (bicyclic) bond motifs is 5. The van der Waals surface area contributed by atoms with Crippen LogP contribution in [0.5, 0.6) is 0 Å². The summed E-state index contributed by atoms with van der Waals surface area (Å²) in [6.07, 6.45) is 8.56. The number of hydrogen-bond donors (Lipinski definition) is 1. The first-order valence-electron chi connectivity index (χ1n) is 12.6. The number of hydrogen-bond acceptors (Lipinski definition) is 4. The standard InChI is InChI=1S/C29H35NO4S/c1-18-6-9-21(10-7-18)35(32,33)27(30-4)24-13-12-23-22-11-8-19-16-20(34-5)14-15-28(19,2)26(22)25(31)17-29(23,24)3/h6-10,16,22-23,25-26,31H,11-15,17H2,1-3,5H3/t22-,23-,25-,26+,28-,29-/m0/s1. The summed E-state index contributed by atoms with van der Waals surface area (Å²) in [7, 11) is -2.20. The molecule has 4 aliphatic rings. The second-order valence-electron chi connectivity index (χ2n) is 11.4. The fourth-order valence-electron chi connectivity index (χ4n) is 7.88. The van der Waals surface area contributed by atoms with E-state index in [0.717, 1.165) is 42.6 Å². The summed E-state index contributed by atoms with van der Waals surface area (Å²) >= 11 is 0. The van der Waals surface area contributed by atoms with Gasteiger partial charge in [-0.3, -0.25) is 0 Å². The van der Waals surface area contributed by atoms with Crippen LogP contribution in [-0.2, 0) is 14.6 Å². The van der Waals surface area contributed by atoms with Gasteiger partial charge in [0.1, 0.15) is 0 Å². The molecule has 0 bridgehead atoms. The van der Waals surface area contributed by atoms with Gasteiger partial charge in [-0.1, -0.05) is 37.6 Å². The van der Waals surface area contributed by atoms with Crippen molar-refractivity contribution >= 4 is 9.84 Å². The number of benzene rings is 1. The third-order valence-electron chi connectivity index (χ3n) is 9.66. The van der Waals surface area contributed by atoms with Crippen molar-refractivity contribution in [1.82, 2.24) is 0 Å². The van der Waals surface area contributed by atoms with Crippen molar-refractivity contribution in [1.29, 1.82) is 0 Å². The van der Waals surface area contributed by atoms with E-state index in [1.165, 1.54) is 5.57 Å². The molecule has 0 radical (unpaired) electrons. The molecule has 2 fully saturated rings. The van der Waals surface area contributed by atoms with E-state index < -0.39 is 21.4 Å². The Morgan fingerprint density at radius 1 is 1.17 bits per heavy atom. The molecule has 0 amide bonds. The smallest absolute Gasteiger partial charge is 0.282 e. The number of allylic oxidation sites excluding steroid dienone is 5. The summed E-state index contributed by atoms with van der Waals surface area (Å²) in [5, 5.41) is 11.5. The minimum Gasteiger partial charge on any atom is -0.501 e. The quantitative estimate of drug-likeness (QED) is 0.527. The number of rotatable bonds is 3. The van der Waals surface area contributed by atoms with Crippen LogP contribution in [0.15, 0.2) is 63.2 Å². The first-order chi connectivity index (χ1) is 16.6. The topological polar surface area (TPSA) is 68.0 Å². The molecule has 2 saturated carbocycles. The molecule has 0 saturated heterocycles. The number of nitrogens with zero attached hydrogens (tertiary/aromatic N) is 1. The van der Waals surface area contributed by atoms with E-state index in [2.05, 4.69) is 30.8 Å². The zero-order valence-electron chi connectivity index (χ0n) is 21.0. The molecule has 35 heavy (non-hydrogen) atoms. The summed E-state index contributed by atoms with van der Waals surface area (Å²) in [4.78, 5) is 3.80. The van der Waals surface area contributed by atoms with Gasteiger partial charge in [-0.25, -0.2) is 13.3 Å². The van der Waals surface area contributed by atoms with Crippen LogP contribution >= 0.6 is 0 Å². The Labute approximate surface area is 209 Å². The largest absolute Gasteiger partial charge is 0.501 e. The van der Waals surface area contributed by atoms with Crippen molar-refractivity contribution in [2.75, 3.05) is 7.11 Å². The highest BCUT2D eigenvalue weighted by Crippen LogP contribution is 2.66. The highest BCUT2D eigenvalue weighted by molar-refractivity contribution is 7.95. The van der Waals surface area contributed by atoms with Crippen LogP contribution in [0, 0.1) is 42.1 Å². The Bertz CT molecular complexity index is 1280. The van der Waals surface area contributed by atoms with E-state index in [1.807, 2.05) is 6.92 Å². The van der Waals surface area contributed by atoms with Gasteiger partial charge in [0.05, 0.1) is 30.4 Å². The molecule has 6 heteroatoms. The Morgan fingerprint density at radius 2 is 1.89 bits per heavy atom. The number of aliphatic hydroxyl groups excluding tert-OH is 1. The lowest BCUT2D eigenvalue weighted by molar-refractivity contribution is -0.0989. The fourth-order valence-corrected chi connectivity index (χ4v) is 9.37. The van der Waals surface area contributed by atoms with Crippen molar-refractivity contribution < 1.29 is 18.3 Å². The summed E-state index contributed by atoms with van der Waals surface area (Å²) in [6.45, 7) is 14.2. The molecule has 186 valence electrons. The van der Waals surface area contributed by atoms with Gasteiger partial charge in [-0.2, -0.15) is 0 Å². The monoisotopic (exact) mass is 493 g/mol. The molecular formula is C29H35NO4S. The minimum atomic E-state index is -3.92. The van der Waals surface area contributed by atoms with Gasteiger partial charge in [-0.05, 0) is 97.0 Å². The van der Waals surface area contributed by atoms with E-state index in [-0.39, 0.29) is 33.1 Å². The maximum Gasteiger partial charge on any atom is 0.282 e. The van der Waals surface area contributed by atoms with Crippen LogP contribution in [0.3, 0.4) is 0 Å². The maximum absolute atomic E-state index is 13.6. The van der Waals surface area contributed by atoms with E-state index in [1.54, 1.807) is 31.4 Å². The molecule has 0 spiro atoms. The van der Waals surface area contributed by atoms with Crippen molar-refractivity contribution in [2.45, 2.75) is 70.3 Å². The number of aliphatic hydroxyl groups is 1. The molecule has 1 aromatic carbocycles. The van der Waals surface area contributed by atoms with E-state index in [9.17, 15) is 13.5 Å². The first kappa shape index (κ1) is 24.3. The first-order valence-corrected chi connectivity index (χ1v) is 14.1. The molecule has 5 rings (SSSR count). The molecule has 4 aliphatic carbocycles. The molecule has 1 aromatic rings. The van der Waals surface area contributed by atoms with Gasteiger partial charge in [0.2, 0.25) is 9.84 Å². The number of ether oxygens (including phenoxy) is 1. The molecular weight excluding hydrogens is 458 g/mol. The molecule has 0 aliphatic heterocycles. The lowest BCUT2D eigenvalue weighted by Gasteiger charge is -2.58. The number of sulfone groups is 1. The summed E-state index contributed by atoms with van der Waals surface area (Å²) in [5.41, 5.74) is 2.35. The van der Waals surface area contributed by atoms with E-state index in [4.69, 9.17) is 11.3 Å². The lowest BCUT2D eigenvalue weighted by atomic mass is 9.47. The Hall–Kier alpha value is -2.36. The second kappa shape index (κ2) is 8.35. The molecule has 6 atom stereocenters. The predicted octanol–water partition coefficient (Wildman–Crippen LogP) is 5.97. The van der Waals surface area contributed by atoms with Gasteiger partial charge in [0.15, 0.2) is 0 Å². The van der Waals surface area contributed by atoms with E-state index in [0.29, 0.717) is 12.8 Å². The Kier molecular flexibility index (Phi) is 5.81. The summed E-state index contributed by atoms with van der Waals surface area (Å²) in [6, 6.07) is 6.73. The molecule has 0 heterocycles. The van der Waals surface area contributed by atoms with Gasteiger partial charge >= 0.3 is 0 Å². The Morgan fingerprint density at radius 3 is 2.54 bits per heavy atom. The maximum atomic E-state index is 13.6. The molecule has 1 N–H and O–H groups in total. The predicted molar refractivity (Wildman–Crippen MR) is 136 cm³/mol. The lowest BCUT2D eigenvalue weighted by Crippen LogP contribution is -2.54. The number of aryl methyl sites for hydroxylation is 1. The molecule has 5 nitrogen and oxygen atoms in total. The SMILES string of the molecule is [C-]#[N+]C(=C1CC[C@H]2[C@@H]3CC=C4C=C(OC)CC[C@]4(C)[C@H]3[C@@H](O)C[C@]12C)S(=O)(=O)c1ccc(C)cc1. The molecule has 0 aromatic heterocycles. The Balaban J connectivity index is 1.57. The highest BCUT2D eigenvalue weighted by Gasteiger charge is 2.60. The van der Waals surface area contributed by atoms with Crippen LogP contribution in [0.4, 0.5) is 0 Å². The average Bonchev–Trinajstić information content (AvgIpc) is 3.15. The third kappa shape index (κ3) is 3.54. The van der Waals surface area contributed by atoms with E-state index >= 15 is 0 Å². The minimum absolute atomic E-state index is 0.116. The average molecular weight is 494 g/mol.